The highest BCUT2D eigenvalue weighted by Crippen LogP contribution is 2.67. The van der Waals surface area contributed by atoms with Crippen molar-refractivity contribution >= 4 is 5.78 Å². The average Bonchev–Trinajstić information content (AvgIpc) is 3.19. The van der Waals surface area contributed by atoms with Crippen LogP contribution >= 0.6 is 0 Å². The zero-order chi connectivity index (χ0) is 19.0. The van der Waals surface area contributed by atoms with Gasteiger partial charge in [-0.25, -0.2) is 0 Å². The fourth-order valence-corrected chi connectivity index (χ4v) is 7.94. The number of ketones is 1. The van der Waals surface area contributed by atoms with E-state index in [2.05, 4.69) is 19.9 Å². The van der Waals surface area contributed by atoms with Crippen LogP contribution in [0.5, 0.6) is 0 Å². The first-order chi connectivity index (χ1) is 12.8. The molecule has 0 bridgehead atoms. The van der Waals surface area contributed by atoms with E-state index in [0.29, 0.717) is 17.6 Å². The minimum absolute atomic E-state index is 0.0124. The fraction of sp³-hybridized carbons (Fsp3) is 0.783. The molecular formula is C23H32O4. The van der Waals surface area contributed by atoms with Crippen molar-refractivity contribution in [1.82, 2.24) is 0 Å². The molecule has 0 aromatic heterocycles. The summed E-state index contributed by atoms with van der Waals surface area (Å²) in [6.07, 6.45) is 12.0. The number of carbonyl (C=O) groups is 1. The van der Waals surface area contributed by atoms with Gasteiger partial charge in [0.05, 0.1) is 6.10 Å². The Morgan fingerprint density at radius 1 is 1.19 bits per heavy atom. The number of ether oxygens (including phenoxy) is 2. The Morgan fingerprint density at radius 2 is 1.93 bits per heavy atom. The average molecular weight is 373 g/mol. The predicted molar refractivity (Wildman–Crippen MR) is 101 cm³/mol. The molecule has 148 valence electrons. The highest BCUT2D eigenvalue weighted by Gasteiger charge is 2.63. The third-order valence-electron chi connectivity index (χ3n) is 9.15. The second-order valence-corrected chi connectivity index (χ2v) is 10.3. The summed E-state index contributed by atoms with van der Waals surface area (Å²) < 4.78 is 11.6. The summed E-state index contributed by atoms with van der Waals surface area (Å²) in [5.74, 6) is 1.23. The highest BCUT2D eigenvalue weighted by molar-refractivity contribution is 5.79. The van der Waals surface area contributed by atoms with Gasteiger partial charge in [-0.05, 0) is 67.6 Å². The number of aliphatic hydroxyl groups excluding tert-OH is 1. The van der Waals surface area contributed by atoms with Gasteiger partial charge in [-0.1, -0.05) is 25.5 Å². The first kappa shape index (κ1) is 17.8. The Balaban J connectivity index is 1.49. The molecule has 5 aliphatic rings. The standard InChI is InChI=1S/C23H32O4/c1-14(24)17-6-7-18-16-5-4-15-12-23(26-10-11-27-23)9-8-21(15,2)20(16)19(25)13-22(17,18)3/h4,10-11,16-20,25H,5-9,12-13H2,1-3H3/t16?,17?,18?,19-,20?,21-,22+/m0/s1. The fourth-order valence-electron chi connectivity index (χ4n) is 7.94. The van der Waals surface area contributed by atoms with Crippen molar-refractivity contribution in [2.45, 2.75) is 77.6 Å². The SMILES string of the molecule is CC(=O)C1CCC2C3CC=C4CC5(CC[C@]4(C)C3[C@@H](O)C[C@]12C)OC=CO5. The number of Topliss-reactive ketones (excluding diaryl/α,β-unsaturated/α-hetero) is 1. The van der Waals surface area contributed by atoms with Crippen molar-refractivity contribution < 1.29 is 19.4 Å². The lowest BCUT2D eigenvalue weighted by Crippen LogP contribution is -2.57. The molecule has 4 unspecified atom stereocenters. The Labute approximate surface area is 162 Å². The van der Waals surface area contributed by atoms with Crippen LogP contribution in [-0.4, -0.2) is 22.8 Å². The lowest BCUT2D eigenvalue weighted by molar-refractivity contribution is -0.184. The number of hydrogen-bond acceptors (Lipinski definition) is 4. The second kappa shape index (κ2) is 5.62. The summed E-state index contributed by atoms with van der Waals surface area (Å²) in [5.41, 5.74) is 1.38. The first-order valence-corrected chi connectivity index (χ1v) is 10.7. The minimum atomic E-state index is -0.514. The maximum atomic E-state index is 12.3. The number of fused-ring (bicyclic) bond motifs is 5. The first-order valence-electron chi connectivity index (χ1n) is 10.7. The zero-order valence-electron chi connectivity index (χ0n) is 16.7. The van der Waals surface area contributed by atoms with Gasteiger partial charge < -0.3 is 14.6 Å². The Bertz CT molecular complexity index is 716. The van der Waals surface area contributed by atoms with E-state index in [1.54, 1.807) is 19.4 Å². The molecule has 3 saturated carbocycles. The van der Waals surface area contributed by atoms with Crippen LogP contribution in [0.2, 0.25) is 0 Å². The summed E-state index contributed by atoms with van der Waals surface area (Å²) in [5, 5.41) is 11.4. The molecule has 0 amide bonds. The number of allylic oxidation sites excluding steroid dienone is 1. The van der Waals surface area contributed by atoms with E-state index < -0.39 is 5.79 Å². The molecule has 4 nitrogen and oxygen atoms in total. The summed E-state index contributed by atoms with van der Waals surface area (Å²) in [6, 6.07) is 0. The van der Waals surface area contributed by atoms with Crippen molar-refractivity contribution in [1.29, 1.82) is 0 Å². The summed E-state index contributed by atoms with van der Waals surface area (Å²) in [4.78, 5) is 12.3. The van der Waals surface area contributed by atoms with Gasteiger partial charge in [-0.15, -0.1) is 0 Å². The number of aliphatic hydroxyl groups is 1. The smallest absolute Gasteiger partial charge is 0.253 e. The van der Waals surface area contributed by atoms with E-state index in [0.717, 1.165) is 44.9 Å². The van der Waals surface area contributed by atoms with E-state index in [4.69, 9.17) is 9.47 Å². The normalized spacial score (nSPS) is 49.5. The van der Waals surface area contributed by atoms with Gasteiger partial charge in [0.15, 0.2) is 0 Å². The Morgan fingerprint density at radius 3 is 2.63 bits per heavy atom. The molecule has 0 aromatic rings. The van der Waals surface area contributed by atoms with Gasteiger partial charge in [0.1, 0.15) is 18.3 Å². The van der Waals surface area contributed by atoms with E-state index in [9.17, 15) is 9.90 Å². The van der Waals surface area contributed by atoms with Crippen LogP contribution in [0, 0.1) is 34.5 Å². The third-order valence-corrected chi connectivity index (χ3v) is 9.15. The maximum absolute atomic E-state index is 12.3. The van der Waals surface area contributed by atoms with Crippen LogP contribution in [-0.2, 0) is 14.3 Å². The third kappa shape index (κ3) is 2.28. The molecule has 5 rings (SSSR count). The predicted octanol–water partition coefficient (Wildman–Crippen LogP) is 4.34. The molecule has 1 heterocycles. The number of carbonyl (C=O) groups excluding carboxylic acids is 1. The molecule has 0 aromatic carbocycles. The molecule has 27 heavy (non-hydrogen) atoms. The van der Waals surface area contributed by atoms with E-state index in [-0.39, 0.29) is 28.8 Å². The maximum Gasteiger partial charge on any atom is 0.253 e. The van der Waals surface area contributed by atoms with E-state index in [1.165, 1.54) is 5.57 Å². The lowest BCUT2D eigenvalue weighted by Gasteiger charge is -2.60. The van der Waals surface area contributed by atoms with Crippen LogP contribution in [0.3, 0.4) is 0 Å². The quantitative estimate of drug-likeness (QED) is 0.696. The van der Waals surface area contributed by atoms with E-state index in [1.807, 2.05) is 0 Å². The van der Waals surface area contributed by atoms with Gasteiger partial charge in [0, 0.05) is 18.8 Å². The molecule has 1 spiro atoms. The van der Waals surface area contributed by atoms with Crippen molar-refractivity contribution in [3.63, 3.8) is 0 Å². The molecule has 4 aliphatic carbocycles. The van der Waals surface area contributed by atoms with Crippen LogP contribution < -0.4 is 0 Å². The molecule has 4 heteroatoms. The van der Waals surface area contributed by atoms with Gasteiger partial charge in [0.25, 0.3) is 5.79 Å². The highest BCUT2D eigenvalue weighted by atomic mass is 16.7. The Kier molecular flexibility index (Phi) is 3.70. The van der Waals surface area contributed by atoms with Crippen LogP contribution in [0.15, 0.2) is 24.2 Å². The minimum Gasteiger partial charge on any atom is -0.456 e. The van der Waals surface area contributed by atoms with E-state index >= 15 is 0 Å². The lowest BCUT2D eigenvalue weighted by atomic mass is 9.46. The second-order valence-electron chi connectivity index (χ2n) is 10.3. The van der Waals surface area contributed by atoms with Gasteiger partial charge in [0.2, 0.25) is 0 Å². The topological polar surface area (TPSA) is 55.8 Å². The summed E-state index contributed by atoms with van der Waals surface area (Å²) in [6.45, 7) is 6.38. The van der Waals surface area contributed by atoms with Gasteiger partial charge in [-0.2, -0.15) is 0 Å². The van der Waals surface area contributed by atoms with Gasteiger partial charge in [-0.3, -0.25) is 4.79 Å². The van der Waals surface area contributed by atoms with Crippen molar-refractivity contribution in [3.05, 3.63) is 24.2 Å². The molecular weight excluding hydrogens is 340 g/mol. The number of rotatable bonds is 1. The van der Waals surface area contributed by atoms with Crippen LogP contribution in [0.25, 0.3) is 0 Å². The summed E-state index contributed by atoms with van der Waals surface area (Å²) >= 11 is 0. The number of hydrogen-bond donors (Lipinski definition) is 1. The van der Waals surface area contributed by atoms with Crippen LogP contribution in [0.4, 0.5) is 0 Å². The molecule has 1 N–H and O–H groups in total. The molecule has 0 saturated heterocycles. The monoisotopic (exact) mass is 372 g/mol. The molecule has 1 aliphatic heterocycles. The molecule has 7 atom stereocenters. The molecule has 3 fully saturated rings. The van der Waals surface area contributed by atoms with Crippen molar-refractivity contribution in [2.24, 2.45) is 34.5 Å². The largest absolute Gasteiger partial charge is 0.456 e. The zero-order valence-corrected chi connectivity index (χ0v) is 16.7. The molecule has 0 radical (unpaired) electrons. The Hall–Kier alpha value is -1.29. The van der Waals surface area contributed by atoms with Crippen LogP contribution in [0.1, 0.15) is 65.7 Å². The van der Waals surface area contributed by atoms with Crippen molar-refractivity contribution in [3.8, 4) is 0 Å². The summed E-state index contributed by atoms with van der Waals surface area (Å²) in [7, 11) is 0. The van der Waals surface area contributed by atoms with Gasteiger partial charge >= 0.3 is 0 Å². The van der Waals surface area contributed by atoms with Crippen molar-refractivity contribution in [2.75, 3.05) is 0 Å².